The molecule has 0 spiro atoms. The molecule has 0 radical (unpaired) electrons. The van der Waals surface area contributed by atoms with Gasteiger partial charge in [-0.05, 0) is 37.0 Å². The minimum Gasteiger partial charge on any atom is -0.252 e. The van der Waals surface area contributed by atoms with E-state index in [1.54, 1.807) is 6.07 Å². The topological polar surface area (TPSA) is 37.3 Å². The number of hydrogen-bond donors (Lipinski definition) is 1. The van der Waals surface area contributed by atoms with E-state index in [9.17, 15) is 0 Å². The summed E-state index contributed by atoms with van der Waals surface area (Å²) in [5.74, 6) is 0. The molecule has 0 bridgehead atoms. The van der Waals surface area contributed by atoms with Crippen LogP contribution in [-0.2, 0) is 6.42 Å². The molecule has 1 aromatic heterocycles. The smallest absolute Gasteiger partial charge is 0.203 e. The minimum absolute atomic E-state index is 0.528. The normalized spacial score (nSPS) is 15.2. The van der Waals surface area contributed by atoms with Crippen LogP contribution in [0.15, 0.2) is 52.9 Å². The maximum Gasteiger partial charge on any atom is 0.203 e. The summed E-state index contributed by atoms with van der Waals surface area (Å²) in [6, 6.07) is 14.0. The summed E-state index contributed by atoms with van der Waals surface area (Å²) in [4.78, 5) is 4.59. The minimum atomic E-state index is 0.528. The fourth-order valence-electron chi connectivity index (χ4n) is 2.95. The molecule has 1 aliphatic carbocycles. The number of aromatic nitrogens is 1. The lowest BCUT2D eigenvalue weighted by molar-refractivity contribution is 0.837. The van der Waals surface area contributed by atoms with E-state index in [0.717, 1.165) is 41.4 Å². The van der Waals surface area contributed by atoms with Gasteiger partial charge in [-0.2, -0.15) is 5.10 Å². The largest absolute Gasteiger partial charge is 0.252 e. The molecule has 126 valence electrons. The third-order valence-electron chi connectivity index (χ3n) is 4.19. The molecule has 1 aliphatic rings. The van der Waals surface area contributed by atoms with Crippen molar-refractivity contribution in [3.63, 3.8) is 0 Å². The van der Waals surface area contributed by atoms with Crippen LogP contribution in [0.5, 0.6) is 0 Å². The maximum atomic E-state index is 6.09. The second kappa shape index (κ2) is 7.16. The van der Waals surface area contributed by atoms with Gasteiger partial charge in [0.15, 0.2) is 0 Å². The van der Waals surface area contributed by atoms with Crippen LogP contribution in [0.3, 0.4) is 0 Å². The number of anilines is 1. The molecule has 0 fully saturated rings. The molecule has 0 saturated carbocycles. The van der Waals surface area contributed by atoms with Crippen molar-refractivity contribution >= 4 is 45.4 Å². The van der Waals surface area contributed by atoms with Gasteiger partial charge in [-0.25, -0.2) is 4.98 Å². The second-order valence-electron chi connectivity index (χ2n) is 5.85. The Morgan fingerprint density at radius 2 is 1.92 bits per heavy atom. The molecule has 0 amide bonds. The summed E-state index contributed by atoms with van der Waals surface area (Å²) in [5.41, 5.74) is 8.60. The first kappa shape index (κ1) is 16.6. The molecule has 0 saturated heterocycles. The van der Waals surface area contributed by atoms with E-state index in [4.69, 9.17) is 23.2 Å². The van der Waals surface area contributed by atoms with Crippen molar-refractivity contribution in [2.45, 2.75) is 19.3 Å². The Morgan fingerprint density at radius 1 is 1.04 bits per heavy atom. The van der Waals surface area contributed by atoms with Crippen molar-refractivity contribution in [1.29, 1.82) is 0 Å². The Bertz CT molecular complexity index is 949. The molecular formula is C19H15Cl2N3S. The summed E-state index contributed by atoms with van der Waals surface area (Å²) >= 11 is 13.6. The molecule has 2 aromatic carbocycles. The van der Waals surface area contributed by atoms with E-state index in [1.165, 1.54) is 22.5 Å². The van der Waals surface area contributed by atoms with E-state index in [2.05, 4.69) is 39.8 Å². The third-order valence-corrected chi connectivity index (χ3v) is 5.68. The van der Waals surface area contributed by atoms with E-state index in [-0.39, 0.29) is 0 Å². The van der Waals surface area contributed by atoms with Crippen molar-refractivity contribution in [3.05, 3.63) is 69.0 Å². The Morgan fingerprint density at radius 3 is 2.80 bits per heavy atom. The van der Waals surface area contributed by atoms with Crippen LogP contribution < -0.4 is 5.43 Å². The summed E-state index contributed by atoms with van der Waals surface area (Å²) in [5, 5.41) is 8.42. The van der Waals surface area contributed by atoms with Crippen LogP contribution in [0.4, 0.5) is 5.13 Å². The van der Waals surface area contributed by atoms with Gasteiger partial charge in [0, 0.05) is 16.5 Å². The average Bonchev–Trinajstić information content (AvgIpc) is 3.11. The summed E-state index contributed by atoms with van der Waals surface area (Å²) in [7, 11) is 0. The summed E-state index contributed by atoms with van der Waals surface area (Å²) < 4.78 is 0. The number of halogens is 2. The zero-order chi connectivity index (χ0) is 17.2. The summed E-state index contributed by atoms with van der Waals surface area (Å²) in [6.07, 6.45) is 3.23. The van der Waals surface area contributed by atoms with Crippen molar-refractivity contribution in [1.82, 2.24) is 4.98 Å². The van der Waals surface area contributed by atoms with E-state index >= 15 is 0 Å². The average molecular weight is 388 g/mol. The van der Waals surface area contributed by atoms with Crippen LogP contribution in [0.2, 0.25) is 10.0 Å². The number of thiazole rings is 1. The monoisotopic (exact) mass is 387 g/mol. The highest BCUT2D eigenvalue weighted by molar-refractivity contribution is 7.14. The molecular weight excluding hydrogens is 373 g/mol. The molecule has 6 heteroatoms. The lowest BCUT2D eigenvalue weighted by Gasteiger charge is -2.17. The Hall–Kier alpha value is -1.88. The van der Waals surface area contributed by atoms with Gasteiger partial charge in [-0.15, -0.1) is 11.3 Å². The predicted octanol–water partition coefficient (Wildman–Crippen LogP) is 6.27. The first-order valence-corrected chi connectivity index (χ1v) is 9.66. The van der Waals surface area contributed by atoms with Gasteiger partial charge in [0.05, 0.1) is 21.5 Å². The Labute approximate surface area is 160 Å². The molecule has 0 atom stereocenters. The number of nitrogens with one attached hydrogen (secondary N) is 1. The lowest BCUT2D eigenvalue weighted by Crippen LogP contribution is -2.13. The molecule has 3 aromatic rings. The van der Waals surface area contributed by atoms with E-state index in [0.29, 0.717) is 10.0 Å². The highest BCUT2D eigenvalue weighted by atomic mass is 35.5. The fourth-order valence-corrected chi connectivity index (χ4v) is 3.90. The maximum absolute atomic E-state index is 6.09. The number of fused-ring (bicyclic) bond motifs is 1. The van der Waals surface area contributed by atoms with Gasteiger partial charge in [0.25, 0.3) is 0 Å². The molecule has 25 heavy (non-hydrogen) atoms. The zero-order valence-electron chi connectivity index (χ0n) is 13.3. The highest BCUT2D eigenvalue weighted by Crippen LogP contribution is 2.30. The van der Waals surface area contributed by atoms with Crippen LogP contribution in [0.25, 0.3) is 11.3 Å². The van der Waals surface area contributed by atoms with Gasteiger partial charge >= 0.3 is 0 Å². The van der Waals surface area contributed by atoms with Crippen LogP contribution in [0.1, 0.15) is 24.0 Å². The molecule has 1 N–H and O–H groups in total. The number of aryl methyl sites for hydroxylation is 1. The number of hydrogen-bond acceptors (Lipinski definition) is 4. The molecule has 0 aliphatic heterocycles. The van der Waals surface area contributed by atoms with Crippen LogP contribution >= 0.6 is 34.5 Å². The molecule has 0 unspecified atom stereocenters. The third kappa shape index (κ3) is 3.56. The van der Waals surface area contributed by atoms with Gasteiger partial charge < -0.3 is 0 Å². The van der Waals surface area contributed by atoms with Crippen molar-refractivity contribution < 1.29 is 0 Å². The predicted molar refractivity (Wildman–Crippen MR) is 107 cm³/mol. The van der Waals surface area contributed by atoms with Crippen LogP contribution in [0, 0.1) is 0 Å². The summed E-state index contributed by atoms with van der Waals surface area (Å²) in [6.45, 7) is 0. The van der Waals surface area contributed by atoms with Crippen LogP contribution in [-0.4, -0.2) is 10.7 Å². The number of benzene rings is 2. The molecule has 3 nitrogen and oxygen atoms in total. The van der Waals surface area contributed by atoms with Gasteiger partial charge in [-0.3, -0.25) is 5.43 Å². The number of nitrogens with zero attached hydrogens (tertiary/aromatic N) is 2. The second-order valence-corrected chi connectivity index (χ2v) is 7.52. The number of hydrazone groups is 1. The Balaban J connectivity index is 1.55. The van der Waals surface area contributed by atoms with Crippen molar-refractivity contribution in [3.8, 4) is 11.3 Å². The quantitative estimate of drug-likeness (QED) is 0.537. The first-order valence-electron chi connectivity index (χ1n) is 8.02. The van der Waals surface area contributed by atoms with Crippen molar-refractivity contribution in [2.75, 3.05) is 5.43 Å². The molecule has 1 heterocycles. The van der Waals surface area contributed by atoms with E-state index < -0.39 is 0 Å². The standard InChI is InChI=1S/C19H15Cl2N3S/c20-15-9-8-13(10-16(15)21)18-11-25-19(22-18)24-23-17-7-3-5-12-4-1-2-6-14(12)17/h1-2,4,6,8-11H,3,5,7H2,(H,22,24)/b23-17-. The Kier molecular flexibility index (Phi) is 4.75. The van der Waals surface area contributed by atoms with Gasteiger partial charge in [0.1, 0.15) is 0 Å². The SMILES string of the molecule is Clc1ccc(-c2csc(N/N=C3/CCCc4ccccc43)n2)cc1Cl. The van der Waals surface area contributed by atoms with Crippen molar-refractivity contribution in [2.24, 2.45) is 5.10 Å². The molecule has 4 rings (SSSR count). The fraction of sp³-hybridized carbons (Fsp3) is 0.158. The van der Waals surface area contributed by atoms with E-state index in [1.807, 2.05) is 17.5 Å². The lowest BCUT2D eigenvalue weighted by atomic mass is 9.90. The van der Waals surface area contributed by atoms with Gasteiger partial charge in [-0.1, -0.05) is 53.5 Å². The highest BCUT2D eigenvalue weighted by Gasteiger charge is 2.15. The van der Waals surface area contributed by atoms with Gasteiger partial charge in [0.2, 0.25) is 5.13 Å². The zero-order valence-corrected chi connectivity index (χ0v) is 15.6. The first-order chi connectivity index (χ1) is 12.2. The number of rotatable bonds is 3.